The number of nitrogens with one attached hydrogen (secondary N) is 1. The average Bonchev–Trinajstić information content (AvgIpc) is 2.03. The fraction of sp³-hybridized carbons (Fsp3) is 1.00. The third kappa shape index (κ3) is 5.90. The van der Waals surface area contributed by atoms with Crippen LogP contribution in [-0.4, -0.2) is 24.1 Å². The van der Waals surface area contributed by atoms with Crippen molar-refractivity contribution in [1.82, 2.24) is 5.32 Å². The molecular weight excluding hydrogens is 166 g/mol. The third-order valence-electron chi connectivity index (χ3n) is 1.92. The molecule has 0 saturated carbocycles. The van der Waals surface area contributed by atoms with Crippen LogP contribution in [0, 0.1) is 5.92 Å². The molecule has 0 heterocycles. The van der Waals surface area contributed by atoms with E-state index in [0.29, 0.717) is 6.04 Å². The first-order valence-corrected chi connectivity index (χ1v) is 6.18. The van der Waals surface area contributed by atoms with E-state index in [-0.39, 0.29) is 0 Å². The monoisotopic (exact) mass is 189 g/mol. The topological polar surface area (TPSA) is 12.0 Å². The molecule has 0 fully saturated rings. The zero-order chi connectivity index (χ0) is 9.40. The van der Waals surface area contributed by atoms with E-state index in [9.17, 15) is 0 Å². The number of hydrogen-bond acceptors (Lipinski definition) is 2. The van der Waals surface area contributed by atoms with Crippen LogP contribution in [0.4, 0.5) is 0 Å². The largest absolute Gasteiger partial charge is 0.313 e. The molecule has 1 N–H and O–H groups in total. The maximum atomic E-state index is 3.52. The van der Waals surface area contributed by atoms with Gasteiger partial charge in [-0.3, -0.25) is 0 Å². The summed E-state index contributed by atoms with van der Waals surface area (Å²) in [6, 6.07) is 0.701. The van der Waals surface area contributed by atoms with Crippen molar-refractivity contribution in [2.24, 2.45) is 5.92 Å². The maximum Gasteiger partial charge on any atom is 0.0181 e. The molecule has 0 spiro atoms. The molecule has 1 nitrogen and oxygen atoms in total. The van der Waals surface area contributed by atoms with Gasteiger partial charge in [0.05, 0.1) is 0 Å². The van der Waals surface area contributed by atoms with Gasteiger partial charge in [0.2, 0.25) is 0 Å². The Morgan fingerprint density at radius 2 is 1.92 bits per heavy atom. The second-order valence-corrected chi connectivity index (χ2v) is 4.63. The van der Waals surface area contributed by atoms with Crippen molar-refractivity contribution < 1.29 is 0 Å². The van der Waals surface area contributed by atoms with Crippen LogP contribution >= 0.6 is 11.8 Å². The van der Waals surface area contributed by atoms with E-state index in [1.54, 1.807) is 0 Å². The second-order valence-electron chi connectivity index (χ2n) is 3.48. The highest BCUT2D eigenvalue weighted by molar-refractivity contribution is 7.99. The Kier molecular flexibility index (Phi) is 8.14. The number of hydrogen-bond donors (Lipinski definition) is 1. The Hall–Kier alpha value is 0.310. The normalized spacial score (nSPS) is 13.8. The quantitative estimate of drug-likeness (QED) is 0.618. The molecule has 2 heteroatoms. The molecule has 12 heavy (non-hydrogen) atoms. The van der Waals surface area contributed by atoms with Crippen molar-refractivity contribution in [2.45, 2.75) is 40.2 Å². The minimum Gasteiger partial charge on any atom is -0.313 e. The molecule has 0 aromatic heterocycles. The van der Waals surface area contributed by atoms with E-state index in [2.05, 4.69) is 44.8 Å². The number of thioether (sulfide) groups is 1. The van der Waals surface area contributed by atoms with E-state index in [1.807, 2.05) is 0 Å². The lowest BCUT2D eigenvalue weighted by molar-refractivity contribution is 0.443. The van der Waals surface area contributed by atoms with Gasteiger partial charge < -0.3 is 5.32 Å². The van der Waals surface area contributed by atoms with E-state index in [1.165, 1.54) is 17.9 Å². The van der Waals surface area contributed by atoms with Crippen LogP contribution < -0.4 is 5.32 Å². The highest BCUT2D eigenvalue weighted by atomic mass is 32.2. The van der Waals surface area contributed by atoms with E-state index < -0.39 is 0 Å². The molecule has 0 bridgehead atoms. The Balaban J connectivity index is 3.49. The summed E-state index contributed by atoms with van der Waals surface area (Å²) in [4.78, 5) is 0. The van der Waals surface area contributed by atoms with Gasteiger partial charge >= 0.3 is 0 Å². The molecule has 1 unspecified atom stereocenters. The van der Waals surface area contributed by atoms with Crippen LogP contribution in [0.15, 0.2) is 0 Å². The molecule has 0 aromatic rings. The van der Waals surface area contributed by atoms with E-state index in [0.717, 1.165) is 12.5 Å². The summed E-state index contributed by atoms with van der Waals surface area (Å²) in [7, 11) is 0. The summed E-state index contributed by atoms with van der Waals surface area (Å²) < 4.78 is 0. The fourth-order valence-corrected chi connectivity index (χ4v) is 2.32. The molecule has 0 rings (SSSR count). The van der Waals surface area contributed by atoms with Gasteiger partial charge in [0, 0.05) is 11.8 Å². The minimum absolute atomic E-state index is 0.701. The summed E-state index contributed by atoms with van der Waals surface area (Å²) >= 11 is 2.07. The van der Waals surface area contributed by atoms with Gasteiger partial charge in [0.1, 0.15) is 0 Å². The van der Waals surface area contributed by atoms with Crippen LogP contribution in [0.5, 0.6) is 0 Å². The SMILES string of the molecule is CCCSCC(NCC)C(C)C. The summed E-state index contributed by atoms with van der Waals surface area (Å²) in [5.74, 6) is 3.32. The van der Waals surface area contributed by atoms with Gasteiger partial charge in [0.15, 0.2) is 0 Å². The summed E-state index contributed by atoms with van der Waals surface area (Å²) in [5.41, 5.74) is 0. The Labute approximate surface area is 81.7 Å². The van der Waals surface area contributed by atoms with Gasteiger partial charge in [0.25, 0.3) is 0 Å². The van der Waals surface area contributed by atoms with Crippen molar-refractivity contribution in [3.05, 3.63) is 0 Å². The van der Waals surface area contributed by atoms with E-state index >= 15 is 0 Å². The van der Waals surface area contributed by atoms with E-state index in [4.69, 9.17) is 0 Å². The van der Waals surface area contributed by atoms with Crippen LogP contribution in [0.2, 0.25) is 0 Å². The molecule has 0 aromatic carbocycles. The fourth-order valence-electron chi connectivity index (χ4n) is 1.10. The van der Waals surface area contributed by atoms with Crippen LogP contribution in [0.25, 0.3) is 0 Å². The first-order chi connectivity index (χ1) is 5.72. The minimum atomic E-state index is 0.701. The lowest BCUT2D eigenvalue weighted by Gasteiger charge is -2.21. The average molecular weight is 189 g/mol. The molecule has 0 aliphatic carbocycles. The van der Waals surface area contributed by atoms with Crippen LogP contribution in [0.1, 0.15) is 34.1 Å². The van der Waals surface area contributed by atoms with Crippen LogP contribution in [0.3, 0.4) is 0 Å². The van der Waals surface area contributed by atoms with Crippen molar-refractivity contribution >= 4 is 11.8 Å². The van der Waals surface area contributed by atoms with Gasteiger partial charge in [-0.2, -0.15) is 11.8 Å². The molecule has 0 aliphatic heterocycles. The van der Waals surface area contributed by atoms with Crippen molar-refractivity contribution in [2.75, 3.05) is 18.1 Å². The molecule has 0 amide bonds. The smallest absolute Gasteiger partial charge is 0.0181 e. The van der Waals surface area contributed by atoms with Gasteiger partial charge in [-0.05, 0) is 24.6 Å². The van der Waals surface area contributed by atoms with Crippen LogP contribution in [-0.2, 0) is 0 Å². The first-order valence-electron chi connectivity index (χ1n) is 5.03. The molecular formula is C10H23NS. The zero-order valence-electron chi connectivity index (χ0n) is 8.89. The van der Waals surface area contributed by atoms with Crippen molar-refractivity contribution in [1.29, 1.82) is 0 Å². The predicted molar refractivity (Wildman–Crippen MR) is 59.9 cm³/mol. The number of rotatable bonds is 7. The highest BCUT2D eigenvalue weighted by Gasteiger charge is 2.10. The summed E-state index contributed by atoms with van der Waals surface area (Å²) in [5, 5.41) is 3.52. The third-order valence-corrected chi connectivity index (χ3v) is 3.21. The molecule has 1 atom stereocenters. The Morgan fingerprint density at radius 1 is 1.25 bits per heavy atom. The first kappa shape index (κ1) is 12.3. The molecule has 74 valence electrons. The summed E-state index contributed by atoms with van der Waals surface area (Å²) in [6.45, 7) is 10.1. The molecule has 0 aliphatic rings. The highest BCUT2D eigenvalue weighted by Crippen LogP contribution is 2.10. The van der Waals surface area contributed by atoms with Gasteiger partial charge in [-0.25, -0.2) is 0 Å². The van der Waals surface area contributed by atoms with Crippen molar-refractivity contribution in [3.63, 3.8) is 0 Å². The standard InChI is InChI=1S/C10H23NS/c1-5-7-12-8-10(9(3)4)11-6-2/h9-11H,5-8H2,1-4H3. The Bertz CT molecular complexity index is 93.8. The Morgan fingerprint density at radius 3 is 2.33 bits per heavy atom. The second kappa shape index (κ2) is 7.93. The molecule has 0 saturated heterocycles. The van der Waals surface area contributed by atoms with Gasteiger partial charge in [-0.1, -0.05) is 27.7 Å². The zero-order valence-corrected chi connectivity index (χ0v) is 9.71. The molecule has 0 radical (unpaired) electrons. The lowest BCUT2D eigenvalue weighted by Crippen LogP contribution is -2.35. The van der Waals surface area contributed by atoms with Gasteiger partial charge in [-0.15, -0.1) is 0 Å². The van der Waals surface area contributed by atoms with Crippen molar-refractivity contribution in [3.8, 4) is 0 Å². The summed E-state index contributed by atoms with van der Waals surface area (Å²) in [6.07, 6.45) is 1.29. The predicted octanol–water partition coefficient (Wildman–Crippen LogP) is 2.76. The maximum absolute atomic E-state index is 3.52. The lowest BCUT2D eigenvalue weighted by atomic mass is 10.1.